The first-order valence-electron chi connectivity index (χ1n) is 7.65. The van der Waals surface area contributed by atoms with Crippen LogP contribution in [-0.2, 0) is 12.0 Å². The molecule has 118 valence electrons. The smallest absolute Gasteiger partial charge is 0.152 e. The van der Waals surface area contributed by atoms with E-state index in [-0.39, 0.29) is 0 Å². The van der Waals surface area contributed by atoms with E-state index in [4.69, 9.17) is 5.73 Å². The molecule has 0 aliphatic carbocycles. The van der Waals surface area contributed by atoms with Gasteiger partial charge in [0.2, 0.25) is 0 Å². The molecule has 0 radical (unpaired) electrons. The number of rotatable bonds is 4. The van der Waals surface area contributed by atoms with Gasteiger partial charge >= 0.3 is 0 Å². The molecule has 0 aliphatic rings. The number of nitrogens with zero attached hydrogens (tertiary/aromatic N) is 4. The lowest BCUT2D eigenvalue weighted by Gasteiger charge is -2.24. The number of hydrogen-bond donors (Lipinski definition) is 1. The van der Waals surface area contributed by atoms with Gasteiger partial charge in [0.1, 0.15) is 5.82 Å². The molecule has 2 aromatic heterocycles. The molecule has 0 spiro atoms. The van der Waals surface area contributed by atoms with Crippen molar-refractivity contribution in [3.63, 3.8) is 0 Å². The zero-order chi connectivity index (χ0) is 16.4. The molecule has 1 aromatic carbocycles. The standard InChI is InChI=1S/C18H21N5/c1-13-12-20-10-9-16(13)23-17(21-14(2)22-23)18(3,19)11-15-7-5-4-6-8-15/h4-10,12H,11,19H2,1-3H3. The zero-order valence-electron chi connectivity index (χ0n) is 13.7. The van der Waals surface area contributed by atoms with Gasteiger partial charge in [0.15, 0.2) is 5.82 Å². The van der Waals surface area contributed by atoms with Crippen molar-refractivity contribution in [3.8, 4) is 5.69 Å². The van der Waals surface area contributed by atoms with Crippen molar-refractivity contribution in [1.29, 1.82) is 0 Å². The molecule has 0 bridgehead atoms. The molecule has 5 nitrogen and oxygen atoms in total. The molecule has 1 unspecified atom stereocenters. The van der Waals surface area contributed by atoms with Crippen molar-refractivity contribution in [2.24, 2.45) is 5.73 Å². The van der Waals surface area contributed by atoms with Gasteiger partial charge in [-0.15, -0.1) is 0 Å². The van der Waals surface area contributed by atoms with Gasteiger partial charge in [-0.1, -0.05) is 30.3 Å². The largest absolute Gasteiger partial charge is 0.319 e. The maximum atomic E-state index is 6.63. The number of nitrogens with two attached hydrogens (primary N) is 1. The lowest BCUT2D eigenvalue weighted by Crippen LogP contribution is -2.38. The molecule has 2 N–H and O–H groups in total. The number of benzene rings is 1. The fourth-order valence-electron chi connectivity index (χ4n) is 2.76. The Labute approximate surface area is 136 Å². The lowest BCUT2D eigenvalue weighted by molar-refractivity contribution is 0.446. The highest BCUT2D eigenvalue weighted by atomic mass is 15.4. The molecular weight excluding hydrogens is 286 g/mol. The monoisotopic (exact) mass is 307 g/mol. The Hall–Kier alpha value is -2.53. The Kier molecular flexibility index (Phi) is 3.96. The fourth-order valence-corrected chi connectivity index (χ4v) is 2.76. The Morgan fingerprint density at radius 3 is 2.57 bits per heavy atom. The molecule has 0 aliphatic heterocycles. The third-order valence-electron chi connectivity index (χ3n) is 3.86. The molecular formula is C18H21N5. The van der Waals surface area contributed by atoms with Crippen LogP contribution < -0.4 is 5.73 Å². The molecule has 0 amide bonds. The van der Waals surface area contributed by atoms with Crippen LogP contribution >= 0.6 is 0 Å². The number of aryl methyl sites for hydroxylation is 2. The van der Waals surface area contributed by atoms with E-state index in [0.29, 0.717) is 12.2 Å². The van der Waals surface area contributed by atoms with Crippen LogP contribution in [0.15, 0.2) is 48.8 Å². The summed E-state index contributed by atoms with van der Waals surface area (Å²) in [5.74, 6) is 1.47. The number of aromatic nitrogens is 4. The van der Waals surface area contributed by atoms with E-state index in [0.717, 1.165) is 17.1 Å². The topological polar surface area (TPSA) is 69.6 Å². The third-order valence-corrected chi connectivity index (χ3v) is 3.86. The van der Waals surface area contributed by atoms with E-state index in [2.05, 4.69) is 27.2 Å². The molecule has 0 fully saturated rings. The summed E-state index contributed by atoms with van der Waals surface area (Å²) >= 11 is 0. The van der Waals surface area contributed by atoms with Gasteiger partial charge in [-0.3, -0.25) is 4.98 Å². The van der Waals surface area contributed by atoms with Crippen molar-refractivity contribution < 1.29 is 0 Å². The molecule has 0 saturated heterocycles. The van der Waals surface area contributed by atoms with Crippen molar-refractivity contribution in [2.45, 2.75) is 32.7 Å². The highest BCUT2D eigenvalue weighted by Crippen LogP contribution is 2.24. The Morgan fingerprint density at radius 1 is 1.13 bits per heavy atom. The first-order valence-corrected chi connectivity index (χ1v) is 7.65. The summed E-state index contributed by atoms with van der Waals surface area (Å²) in [6.45, 7) is 5.89. The summed E-state index contributed by atoms with van der Waals surface area (Å²) in [4.78, 5) is 8.75. The summed E-state index contributed by atoms with van der Waals surface area (Å²) in [6.07, 6.45) is 4.27. The molecule has 5 heteroatoms. The van der Waals surface area contributed by atoms with Crippen molar-refractivity contribution in [3.05, 3.63) is 71.6 Å². The van der Waals surface area contributed by atoms with Crippen LogP contribution in [0, 0.1) is 13.8 Å². The van der Waals surface area contributed by atoms with Crippen molar-refractivity contribution in [1.82, 2.24) is 19.7 Å². The summed E-state index contributed by atoms with van der Waals surface area (Å²) in [6, 6.07) is 12.1. The summed E-state index contributed by atoms with van der Waals surface area (Å²) in [5, 5.41) is 4.55. The molecule has 23 heavy (non-hydrogen) atoms. The summed E-state index contributed by atoms with van der Waals surface area (Å²) in [5.41, 5.74) is 9.18. The third kappa shape index (κ3) is 3.14. The van der Waals surface area contributed by atoms with Crippen LogP contribution in [0.2, 0.25) is 0 Å². The summed E-state index contributed by atoms with van der Waals surface area (Å²) < 4.78 is 1.84. The Balaban J connectivity index is 2.04. The highest BCUT2D eigenvalue weighted by Gasteiger charge is 2.29. The van der Waals surface area contributed by atoms with Crippen LogP contribution in [0.1, 0.15) is 29.7 Å². The van der Waals surface area contributed by atoms with Gasteiger partial charge < -0.3 is 5.73 Å². The van der Waals surface area contributed by atoms with Crippen LogP contribution in [0.3, 0.4) is 0 Å². The minimum Gasteiger partial charge on any atom is -0.319 e. The van der Waals surface area contributed by atoms with E-state index >= 15 is 0 Å². The zero-order valence-corrected chi connectivity index (χ0v) is 13.7. The van der Waals surface area contributed by atoms with Gasteiger partial charge in [-0.25, -0.2) is 9.67 Å². The van der Waals surface area contributed by atoms with Crippen LogP contribution in [-0.4, -0.2) is 19.7 Å². The van der Waals surface area contributed by atoms with Crippen molar-refractivity contribution >= 4 is 0 Å². The van der Waals surface area contributed by atoms with E-state index in [9.17, 15) is 0 Å². The predicted octanol–water partition coefficient (Wildman–Crippen LogP) is 2.70. The fraction of sp³-hybridized carbons (Fsp3) is 0.278. The van der Waals surface area contributed by atoms with E-state index in [1.807, 2.05) is 55.9 Å². The second kappa shape index (κ2) is 5.93. The maximum absolute atomic E-state index is 6.63. The highest BCUT2D eigenvalue weighted by molar-refractivity contribution is 5.38. The van der Waals surface area contributed by atoms with Gasteiger partial charge in [-0.05, 0) is 44.4 Å². The quantitative estimate of drug-likeness (QED) is 0.804. The molecule has 2 heterocycles. The van der Waals surface area contributed by atoms with Gasteiger partial charge in [0.05, 0.1) is 11.2 Å². The summed E-state index contributed by atoms with van der Waals surface area (Å²) in [7, 11) is 0. The predicted molar refractivity (Wildman–Crippen MR) is 90.3 cm³/mol. The van der Waals surface area contributed by atoms with Gasteiger partial charge in [0.25, 0.3) is 0 Å². The average Bonchev–Trinajstić information content (AvgIpc) is 2.91. The van der Waals surface area contributed by atoms with Crippen LogP contribution in [0.25, 0.3) is 5.69 Å². The molecule has 3 rings (SSSR count). The molecule has 0 saturated carbocycles. The molecule has 1 atom stereocenters. The second-order valence-corrected chi connectivity index (χ2v) is 6.14. The second-order valence-electron chi connectivity index (χ2n) is 6.14. The first kappa shape index (κ1) is 15.4. The van der Waals surface area contributed by atoms with Crippen LogP contribution in [0.4, 0.5) is 0 Å². The first-order chi connectivity index (χ1) is 11.0. The number of hydrogen-bond acceptors (Lipinski definition) is 4. The van der Waals surface area contributed by atoms with Crippen LogP contribution in [0.5, 0.6) is 0 Å². The normalized spacial score (nSPS) is 13.7. The minimum absolute atomic E-state index is 0.627. The lowest BCUT2D eigenvalue weighted by atomic mass is 9.93. The Morgan fingerprint density at radius 2 is 1.87 bits per heavy atom. The van der Waals surface area contributed by atoms with E-state index in [1.54, 1.807) is 6.20 Å². The SMILES string of the molecule is Cc1nc(C(C)(N)Cc2ccccc2)n(-c2ccncc2C)n1. The maximum Gasteiger partial charge on any atom is 0.152 e. The molecule has 3 aromatic rings. The van der Waals surface area contributed by atoms with E-state index in [1.165, 1.54) is 5.56 Å². The van der Waals surface area contributed by atoms with Gasteiger partial charge in [0, 0.05) is 12.4 Å². The van der Waals surface area contributed by atoms with E-state index < -0.39 is 5.54 Å². The number of pyridine rings is 1. The average molecular weight is 307 g/mol. The van der Waals surface area contributed by atoms with Gasteiger partial charge in [-0.2, -0.15) is 5.10 Å². The Bertz CT molecular complexity index is 805. The van der Waals surface area contributed by atoms with Crippen molar-refractivity contribution in [2.75, 3.05) is 0 Å². The minimum atomic E-state index is -0.627.